The number of aromatic nitrogens is 2. The molecule has 1 heterocycles. The number of aromatic amines is 1. The summed E-state index contributed by atoms with van der Waals surface area (Å²) < 4.78 is 5.90. The first kappa shape index (κ1) is 27.1. The van der Waals surface area contributed by atoms with E-state index in [1.165, 1.54) is 7.11 Å². The Morgan fingerprint density at radius 2 is 1.81 bits per heavy atom. The molecule has 0 bridgehead atoms. The number of esters is 1. The van der Waals surface area contributed by atoms with E-state index in [1.807, 2.05) is 46.8 Å². The van der Waals surface area contributed by atoms with Crippen LogP contribution >= 0.6 is 15.9 Å². The first-order valence-corrected chi connectivity index (χ1v) is 12.2. The molecule has 0 unspecified atom stereocenters. The Balaban J connectivity index is 2.07. The van der Waals surface area contributed by atoms with Crippen LogP contribution in [0, 0.1) is 19.8 Å². The van der Waals surface area contributed by atoms with Gasteiger partial charge < -0.3 is 20.5 Å². The summed E-state index contributed by atoms with van der Waals surface area (Å²) >= 11 is 3.45. The largest absolute Gasteiger partial charge is 0.468 e. The first-order valence-electron chi connectivity index (χ1n) is 11.4. The van der Waals surface area contributed by atoms with Crippen molar-refractivity contribution in [2.24, 2.45) is 11.0 Å². The summed E-state index contributed by atoms with van der Waals surface area (Å²) in [6.07, 6.45) is -0.177. The van der Waals surface area contributed by atoms with Crippen LogP contribution < -0.4 is 16.3 Å². The number of nitrogens with zero attached hydrogens (tertiary/aromatic N) is 2. The van der Waals surface area contributed by atoms with Crippen molar-refractivity contribution in [2.75, 3.05) is 12.4 Å². The summed E-state index contributed by atoms with van der Waals surface area (Å²) in [6, 6.07) is 10.8. The van der Waals surface area contributed by atoms with Gasteiger partial charge in [0, 0.05) is 22.1 Å². The molecule has 9 nitrogen and oxygen atoms in total. The number of hydrogen-bond donors (Lipinski definition) is 3. The molecule has 1 aromatic heterocycles. The van der Waals surface area contributed by atoms with Gasteiger partial charge in [-0.15, -0.1) is 0 Å². The molecule has 3 aromatic rings. The lowest BCUT2D eigenvalue weighted by Gasteiger charge is -2.22. The molecule has 2 aromatic carbocycles. The van der Waals surface area contributed by atoms with Crippen LogP contribution in [-0.2, 0) is 20.7 Å². The highest BCUT2D eigenvalue weighted by atomic mass is 79.9. The maximum Gasteiger partial charge on any atom is 0.315 e. The van der Waals surface area contributed by atoms with Gasteiger partial charge in [-0.1, -0.05) is 28.1 Å². The summed E-state index contributed by atoms with van der Waals surface area (Å²) in [5.74, 6) is -2.48. The second kappa shape index (κ2) is 11.0. The number of para-hydroxylation sites is 2. The van der Waals surface area contributed by atoms with Crippen molar-refractivity contribution in [3.8, 4) is 0 Å². The Hall–Kier alpha value is -3.53. The number of hydrogen-bond acceptors (Lipinski definition) is 7. The maximum atomic E-state index is 13.6. The molecule has 0 saturated heterocycles. The number of nitrogens with one attached hydrogen (secondary N) is 3. The number of anilines is 1. The molecule has 0 aliphatic rings. The van der Waals surface area contributed by atoms with Crippen LogP contribution in [0.25, 0.3) is 11.0 Å². The van der Waals surface area contributed by atoms with E-state index in [9.17, 15) is 14.4 Å². The van der Waals surface area contributed by atoms with E-state index < -0.39 is 28.9 Å². The molecule has 190 valence electrons. The normalized spacial score (nSPS) is 12.8. The Bertz CT molecular complexity index is 1370. The van der Waals surface area contributed by atoms with Gasteiger partial charge in [-0.25, -0.2) is 4.98 Å². The number of ether oxygens (including phenoxy) is 1. The third-order valence-electron chi connectivity index (χ3n) is 5.36. The first-order chi connectivity index (χ1) is 16.9. The number of methoxy groups -OCH3 is 1. The van der Waals surface area contributed by atoms with Crippen molar-refractivity contribution in [2.45, 2.75) is 46.6 Å². The third-order valence-corrected chi connectivity index (χ3v) is 5.82. The van der Waals surface area contributed by atoms with Gasteiger partial charge in [-0.3, -0.25) is 14.4 Å². The van der Waals surface area contributed by atoms with E-state index >= 15 is 0 Å². The van der Waals surface area contributed by atoms with Crippen LogP contribution in [0.3, 0.4) is 0 Å². The molecule has 0 spiro atoms. The highest BCUT2D eigenvalue weighted by molar-refractivity contribution is 9.10. The lowest BCUT2D eigenvalue weighted by molar-refractivity contribution is -0.143. The number of benzene rings is 2. The minimum atomic E-state index is -1.18. The molecule has 0 aliphatic carbocycles. The third kappa shape index (κ3) is 6.57. The Labute approximate surface area is 217 Å². The Kier molecular flexibility index (Phi) is 8.29. The predicted octanol–water partition coefficient (Wildman–Crippen LogP) is 4.02. The molecule has 0 saturated carbocycles. The molecule has 3 rings (SSSR count). The number of H-pyrrole nitrogens is 1. The topological polar surface area (TPSA) is 126 Å². The molecule has 1 amide bonds. The zero-order chi connectivity index (χ0) is 26.6. The Morgan fingerprint density at radius 1 is 1.17 bits per heavy atom. The fraction of sp³-hybridized carbons (Fsp3) is 0.346. The van der Waals surface area contributed by atoms with E-state index in [1.54, 1.807) is 24.3 Å². The number of fused-ring (bicyclic) bond motifs is 1. The monoisotopic (exact) mass is 555 g/mol. The number of rotatable bonds is 7. The standard InChI is InChI=1S/C26H30BrN5O4/c1-14-11-16(27)12-15(2)21(14)30-24(34)22(31-32-26(3,4)5)17(25(35)36-6)13-20-23(33)29-19-10-8-7-9-18(19)28-20/h7-12,17,32H,13H2,1-6H3,(H,29,33)(H,30,34)/b31-22-/t17-/m0/s1. The van der Waals surface area contributed by atoms with Crippen LogP contribution in [-0.4, -0.2) is 40.2 Å². The van der Waals surface area contributed by atoms with Crippen molar-refractivity contribution in [1.29, 1.82) is 0 Å². The van der Waals surface area contributed by atoms with E-state index in [-0.39, 0.29) is 17.8 Å². The predicted molar refractivity (Wildman–Crippen MR) is 144 cm³/mol. The van der Waals surface area contributed by atoms with Gasteiger partial charge in [0.25, 0.3) is 11.5 Å². The maximum absolute atomic E-state index is 13.6. The zero-order valence-electron chi connectivity index (χ0n) is 21.2. The number of aryl methyl sites for hydroxylation is 2. The molecule has 0 fully saturated rings. The van der Waals surface area contributed by atoms with E-state index in [0.717, 1.165) is 15.6 Å². The molecule has 0 radical (unpaired) electrons. The van der Waals surface area contributed by atoms with Crippen molar-refractivity contribution in [1.82, 2.24) is 15.4 Å². The molecule has 3 N–H and O–H groups in total. The van der Waals surface area contributed by atoms with Gasteiger partial charge in [0.1, 0.15) is 17.3 Å². The number of carbonyl (C=O) groups is 2. The fourth-order valence-corrected chi connectivity index (χ4v) is 4.32. The van der Waals surface area contributed by atoms with Gasteiger partial charge in [0.2, 0.25) is 0 Å². The fourth-order valence-electron chi connectivity index (χ4n) is 3.63. The van der Waals surface area contributed by atoms with Crippen molar-refractivity contribution >= 4 is 50.2 Å². The van der Waals surface area contributed by atoms with Crippen molar-refractivity contribution < 1.29 is 14.3 Å². The summed E-state index contributed by atoms with van der Waals surface area (Å²) in [7, 11) is 1.23. The summed E-state index contributed by atoms with van der Waals surface area (Å²) in [6.45, 7) is 9.36. The lowest BCUT2D eigenvalue weighted by atomic mass is 9.96. The molecular weight excluding hydrogens is 526 g/mol. The second-order valence-electron chi connectivity index (χ2n) is 9.54. The average Bonchev–Trinajstić information content (AvgIpc) is 2.79. The molecule has 10 heteroatoms. The van der Waals surface area contributed by atoms with E-state index in [4.69, 9.17) is 4.74 Å². The number of amides is 1. The molecular formula is C26H30BrN5O4. The van der Waals surface area contributed by atoms with Crippen LogP contribution in [0.4, 0.5) is 5.69 Å². The van der Waals surface area contributed by atoms with E-state index in [2.05, 4.69) is 41.7 Å². The molecule has 36 heavy (non-hydrogen) atoms. The quantitative estimate of drug-likeness (QED) is 0.229. The smallest absolute Gasteiger partial charge is 0.315 e. The van der Waals surface area contributed by atoms with Gasteiger partial charge in [-0.05, 0) is 70.0 Å². The van der Waals surface area contributed by atoms with Crippen molar-refractivity contribution in [3.05, 3.63) is 68.0 Å². The Morgan fingerprint density at radius 3 is 2.42 bits per heavy atom. The van der Waals surface area contributed by atoms with Gasteiger partial charge in [0.05, 0.1) is 18.1 Å². The second-order valence-corrected chi connectivity index (χ2v) is 10.5. The highest BCUT2D eigenvalue weighted by Gasteiger charge is 2.33. The van der Waals surface area contributed by atoms with Gasteiger partial charge >= 0.3 is 5.97 Å². The molecule has 0 aliphatic heterocycles. The zero-order valence-corrected chi connectivity index (χ0v) is 22.7. The van der Waals surface area contributed by atoms with E-state index in [0.29, 0.717) is 16.7 Å². The minimum absolute atomic E-state index is 0.0939. The minimum Gasteiger partial charge on any atom is -0.468 e. The molecule has 1 atom stereocenters. The number of hydrazone groups is 1. The average molecular weight is 556 g/mol. The van der Waals surface area contributed by atoms with Gasteiger partial charge in [-0.2, -0.15) is 5.10 Å². The van der Waals surface area contributed by atoms with Crippen molar-refractivity contribution in [3.63, 3.8) is 0 Å². The van der Waals surface area contributed by atoms with Crippen LogP contribution in [0.15, 0.2) is 50.8 Å². The SMILES string of the molecule is COC(=O)[C@@H](Cc1nc2ccccc2[nH]c1=O)/C(=N/NC(C)(C)C)C(=O)Nc1c(C)cc(Br)cc1C. The number of carbonyl (C=O) groups excluding carboxylic acids is 2. The summed E-state index contributed by atoms with van der Waals surface area (Å²) in [4.78, 5) is 46.5. The van der Waals surface area contributed by atoms with Gasteiger partial charge in [0.15, 0.2) is 0 Å². The van der Waals surface area contributed by atoms with Crippen LogP contribution in [0.5, 0.6) is 0 Å². The highest BCUT2D eigenvalue weighted by Crippen LogP contribution is 2.25. The lowest BCUT2D eigenvalue weighted by Crippen LogP contribution is -2.41. The summed E-state index contributed by atoms with van der Waals surface area (Å²) in [5.41, 5.74) is 5.36. The van der Waals surface area contributed by atoms with Crippen LogP contribution in [0.2, 0.25) is 0 Å². The van der Waals surface area contributed by atoms with Crippen LogP contribution in [0.1, 0.15) is 37.6 Å². The number of halogens is 1. The summed E-state index contributed by atoms with van der Waals surface area (Å²) in [5, 5.41) is 7.22.